The zero-order valence-corrected chi connectivity index (χ0v) is 17.5. The quantitative estimate of drug-likeness (QED) is 0.524. The number of hydrogen-bond acceptors (Lipinski definition) is 3. The van der Waals surface area contributed by atoms with E-state index >= 15 is 0 Å². The molecule has 1 fully saturated rings. The highest BCUT2D eigenvalue weighted by atomic mass is 79.9. The molecule has 3 rings (SSSR count). The van der Waals surface area contributed by atoms with Crippen molar-refractivity contribution >= 4 is 33.2 Å². The number of nitrogens with one attached hydrogen (secondary N) is 2. The zero-order chi connectivity index (χ0) is 18.2. The molecule has 0 spiro atoms. The molecule has 140 valence electrons. The van der Waals surface area contributed by atoms with E-state index in [9.17, 15) is 0 Å². The fraction of sp³-hybridized carbons (Fsp3) is 0.450. The number of guanidine groups is 1. The lowest BCUT2D eigenvalue weighted by molar-refractivity contribution is 0.0514. The van der Waals surface area contributed by atoms with Crippen LogP contribution in [-0.4, -0.2) is 32.3 Å². The number of hydrogen-bond donors (Lipinski definition) is 2. The van der Waals surface area contributed by atoms with Crippen LogP contribution in [0, 0.1) is 0 Å². The van der Waals surface area contributed by atoms with E-state index in [1.54, 1.807) is 11.3 Å². The van der Waals surface area contributed by atoms with Gasteiger partial charge in [0.2, 0.25) is 0 Å². The van der Waals surface area contributed by atoms with Crippen molar-refractivity contribution in [3.8, 4) is 0 Å². The number of thiophene rings is 1. The Morgan fingerprint density at radius 3 is 2.62 bits per heavy atom. The molecule has 2 N–H and O–H groups in total. The van der Waals surface area contributed by atoms with Crippen LogP contribution in [0.15, 0.2) is 51.2 Å². The number of ether oxygens (including phenoxy) is 1. The van der Waals surface area contributed by atoms with Gasteiger partial charge in [-0.1, -0.05) is 34.1 Å². The number of nitrogens with zero attached hydrogens (tertiary/aromatic N) is 1. The maximum atomic E-state index is 5.64. The molecule has 0 bridgehead atoms. The number of benzene rings is 1. The molecule has 0 amide bonds. The molecular weight excluding hydrogens is 410 g/mol. The van der Waals surface area contributed by atoms with Crippen molar-refractivity contribution in [2.24, 2.45) is 4.99 Å². The van der Waals surface area contributed by atoms with Gasteiger partial charge in [-0.25, -0.2) is 4.99 Å². The molecule has 1 aliphatic rings. The van der Waals surface area contributed by atoms with Crippen LogP contribution < -0.4 is 10.6 Å². The predicted octanol–water partition coefficient (Wildman–Crippen LogP) is 4.31. The first-order valence-corrected chi connectivity index (χ1v) is 10.8. The van der Waals surface area contributed by atoms with E-state index in [4.69, 9.17) is 9.73 Å². The highest BCUT2D eigenvalue weighted by Crippen LogP contribution is 2.34. The van der Waals surface area contributed by atoms with Crippen molar-refractivity contribution in [3.63, 3.8) is 0 Å². The summed E-state index contributed by atoms with van der Waals surface area (Å²) in [6, 6.07) is 12.9. The van der Waals surface area contributed by atoms with Gasteiger partial charge in [0.05, 0.1) is 6.54 Å². The van der Waals surface area contributed by atoms with E-state index in [-0.39, 0.29) is 5.41 Å². The average molecular weight is 436 g/mol. The molecule has 1 aliphatic heterocycles. The van der Waals surface area contributed by atoms with Crippen molar-refractivity contribution in [3.05, 3.63) is 56.7 Å². The smallest absolute Gasteiger partial charge is 0.191 e. The lowest BCUT2D eigenvalue weighted by Crippen LogP contribution is -2.48. The molecule has 0 saturated carbocycles. The fourth-order valence-corrected chi connectivity index (χ4v) is 4.18. The molecule has 0 aliphatic carbocycles. The van der Waals surface area contributed by atoms with Crippen molar-refractivity contribution < 1.29 is 4.74 Å². The van der Waals surface area contributed by atoms with Gasteiger partial charge in [-0.3, -0.25) is 0 Å². The summed E-state index contributed by atoms with van der Waals surface area (Å²) in [5, 5.41) is 9.04. The highest BCUT2D eigenvalue weighted by molar-refractivity contribution is 9.10. The van der Waals surface area contributed by atoms with Gasteiger partial charge in [0.1, 0.15) is 0 Å². The molecule has 1 saturated heterocycles. The fourth-order valence-electron chi connectivity index (χ4n) is 3.29. The van der Waals surface area contributed by atoms with Gasteiger partial charge in [0.25, 0.3) is 0 Å². The summed E-state index contributed by atoms with van der Waals surface area (Å²) in [5.74, 6) is 0.879. The van der Waals surface area contributed by atoms with Crippen molar-refractivity contribution in [1.82, 2.24) is 10.6 Å². The van der Waals surface area contributed by atoms with Gasteiger partial charge in [0, 0.05) is 41.1 Å². The first kappa shape index (κ1) is 19.4. The number of aliphatic imine (C=N–C) groups is 1. The van der Waals surface area contributed by atoms with Crippen LogP contribution in [0.3, 0.4) is 0 Å². The molecule has 4 nitrogen and oxygen atoms in total. The van der Waals surface area contributed by atoms with Crippen LogP contribution in [0.4, 0.5) is 0 Å². The Kier molecular flexibility index (Phi) is 7.11. The molecule has 6 heteroatoms. The molecule has 0 unspecified atom stereocenters. The van der Waals surface area contributed by atoms with Gasteiger partial charge in [-0.05, 0) is 48.9 Å². The highest BCUT2D eigenvalue weighted by Gasteiger charge is 2.34. The molecule has 1 aromatic carbocycles. The SMILES string of the molecule is CCNC(=NCc1cccs1)NCC1(c2ccc(Br)cc2)CCOCC1. The Hall–Kier alpha value is -1.37. The molecule has 0 atom stereocenters. The van der Waals surface area contributed by atoms with Crippen LogP contribution in [0.1, 0.15) is 30.2 Å². The molecule has 2 heterocycles. The largest absolute Gasteiger partial charge is 0.381 e. The first-order valence-electron chi connectivity index (χ1n) is 9.10. The minimum absolute atomic E-state index is 0.0814. The lowest BCUT2D eigenvalue weighted by Gasteiger charge is -2.38. The molecular formula is C20H26BrN3OS. The maximum absolute atomic E-state index is 5.64. The second kappa shape index (κ2) is 9.53. The van der Waals surface area contributed by atoms with E-state index in [0.717, 1.165) is 49.6 Å². The minimum atomic E-state index is 0.0814. The van der Waals surface area contributed by atoms with Gasteiger partial charge in [-0.2, -0.15) is 0 Å². The third-order valence-corrected chi connectivity index (χ3v) is 6.21. The summed E-state index contributed by atoms with van der Waals surface area (Å²) in [5.41, 5.74) is 1.45. The normalized spacial score (nSPS) is 17.1. The Bertz CT molecular complexity index is 694. The van der Waals surface area contributed by atoms with Crippen LogP contribution in [-0.2, 0) is 16.7 Å². The van der Waals surface area contributed by atoms with Gasteiger partial charge >= 0.3 is 0 Å². The first-order chi connectivity index (χ1) is 12.7. The summed E-state index contributed by atoms with van der Waals surface area (Å²) < 4.78 is 6.75. The van der Waals surface area contributed by atoms with Crippen molar-refractivity contribution in [2.45, 2.75) is 31.7 Å². The average Bonchev–Trinajstić information content (AvgIpc) is 3.19. The van der Waals surface area contributed by atoms with Gasteiger partial charge in [-0.15, -0.1) is 11.3 Å². The Morgan fingerprint density at radius 2 is 1.96 bits per heavy atom. The molecule has 1 aromatic heterocycles. The van der Waals surface area contributed by atoms with E-state index < -0.39 is 0 Å². The summed E-state index contributed by atoms with van der Waals surface area (Å²) in [4.78, 5) is 6.02. The number of rotatable bonds is 6. The third kappa shape index (κ3) is 5.09. The van der Waals surface area contributed by atoms with E-state index in [1.807, 2.05) is 0 Å². The van der Waals surface area contributed by atoms with Crippen molar-refractivity contribution in [1.29, 1.82) is 0 Å². The molecule has 2 aromatic rings. The topological polar surface area (TPSA) is 45.7 Å². The van der Waals surface area contributed by atoms with Gasteiger partial charge in [0.15, 0.2) is 5.96 Å². The zero-order valence-electron chi connectivity index (χ0n) is 15.1. The Labute approximate surface area is 168 Å². The minimum Gasteiger partial charge on any atom is -0.381 e. The summed E-state index contributed by atoms with van der Waals surface area (Å²) in [7, 11) is 0. The van der Waals surface area contributed by atoms with E-state index in [0.29, 0.717) is 6.54 Å². The number of halogens is 1. The van der Waals surface area contributed by atoms with Crippen LogP contribution in [0.5, 0.6) is 0 Å². The Balaban J connectivity index is 1.72. The Morgan fingerprint density at radius 1 is 1.19 bits per heavy atom. The standard InChI is InChI=1S/C20H26BrN3OS/c1-2-22-19(23-14-18-4-3-13-26-18)24-15-20(9-11-25-12-10-20)16-5-7-17(21)8-6-16/h3-8,13H,2,9-12,14-15H2,1H3,(H2,22,23,24). The summed E-state index contributed by atoms with van der Waals surface area (Å²) in [6.07, 6.45) is 2.04. The summed E-state index contributed by atoms with van der Waals surface area (Å²) >= 11 is 5.28. The van der Waals surface area contributed by atoms with Gasteiger partial charge < -0.3 is 15.4 Å². The second-order valence-corrected chi connectivity index (χ2v) is 8.48. The van der Waals surface area contributed by atoms with E-state index in [1.165, 1.54) is 10.4 Å². The van der Waals surface area contributed by atoms with Crippen LogP contribution in [0.2, 0.25) is 0 Å². The monoisotopic (exact) mass is 435 g/mol. The maximum Gasteiger partial charge on any atom is 0.191 e. The third-order valence-electron chi connectivity index (χ3n) is 4.82. The van der Waals surface area contributed by atoms with E-state index in [2.05, 4.69) is 75.3 Å². The second-order valence-electron chi connectivity index (χ2n) is 6.53. The van der Waals surface area contributed by atoms with Crippen LogP contribution in [0.25, 0.3) is 0 Å². The predicted molar refractivity (Wildman–Crippen MR) is 113 cm³/mol. The van der Waals surface area contributed by atoms with Crippen LogP contribution >= 0.6 is 27.3 Å². The molecule has 26 heavy (non-hydrogen) atoms. The summed E-state index contributed by atoms with van der Waals surface area (Å²) in [6.45, 7) is 6.13. The lowest BCUT2D eigenvalue weighted by atomic mass is 9.74. The van der Waals surface area contributed by atoms with Crippen molar-refractivity contribution in [2.75, 3.05) is 26.3 Å². The molecule has 0 radical (unpaired) electrons.